The number of aryl methyl sites for hydroxylation is 2. The lowest BCUT2D eigenvalue weighted by molar-refractivity contribution is -0.117. The van der Waals surface area contributed by atoms with Gasteiger partial charge in [0, 0.05) is 18.8 Å². The summed E-state index contributed by atoms with van der Waals surface area (Å²) in [6, 6.07) is 14.0. The molecule has 2 aliphatic heterocycles. The van der Waals surface area contributed by atoms with E-state index >= 15 is 0 Å². The molecule has 0 saturated carbocycles. The minimum absolute atomic E-state index is 0.0730. The zero-order chi connectivity index (χ0) is 20.9. The number of nitrogens with one attached hydrogen (secondary N) is 1. The number of morpholine rings is 1. The van der Waals surface area contributed by atoms with E-state index in [1.54, 1.807) is 0 Å². The minimum atomic E-state index is -0.0730. The average Bonchev–Trinajstić information content (AvgIpc) is 3.09. The summed E-state index contributed by atoms with van der Waals surface area (Å²) < 4.78 is 11.7. The molecular weight excluding hydrogens is 398 g/mol. The Bertz CT molecular complexity index is 913. The number of benzene rings is 2. The van der Waals surface area contributed by atoms with Crippen molar-refractivity contribution in [3.8, 4) is 11.5 Å². The van der Waals surface area contributed by atoms with E-state index in [-0.39, 0.29) is 12.5 Å². The predicted molar refractivity (Wildman–Crippen MR) is 121 cm³/mol. The summed E-state index contributed by atoms with van der Waals surface area (Å²) in [5.41, 5.74) is 3.08. The zero-order valence-electron chi connectivity index (χ0n) is 17.2. The number of nitrogens with zero attached hydrogens (tertiary/aromatic N) is 2. The van der Waals surface area contributed by atoms with Crippen LogP contribution in [-0.2, 0) is 16.0 Å². The van der Waals surface area contributed by atoms with E-state index in [2.05, 4.69) is 16.3 Å². The fourth-order valence-corrected chi connectivity index (χ4v) is 4.17. The summed E-state index contributed by atoms with van der Waals surface area (Å²) in [6.07, 6.45) is 1.91. The molecule has 2 heterocycles. The Balaban J connectivity index is 1.57. The van der Waals surface area contributed by atoms with Crippen molar-refractivity contribution >= 4 is 28.9 Å². The largest absolute Gasteiger partial charge is 0.457 e. The summed E-state index contributed by atoms with van der Waals surface area (Å²) >= 11 is 5.34. The molecule has 0 spiro atoms. The lowest BCUT2D eigenvalue weighted by Gasteiger charge is -2.26. The van der Waals surface area contributed by atoms with Gasteiger partial charge >= 0.3 is 0 Å². The van der Waals surface area contributed by atoms with Gasteiger partial charge in [-0.1, -0.05) is 18.2 Å². The van der Waals surface area contributed by atoms with Gasteiger partial charge in [-0.3, -0.25) is 9.69 Å². The van der Waals surface area contributed by atoms with Crippen LogP contribution >= 0.6 is 12.2 Å². The normalized spacial score (nSPS) is 17.3. The van der Waals surface area contributed by atoms with Crippen LogP contribution in [0, 0.1) is 6.92 Å². The van der Waals surface area contributed by atoms with Gasteiger partial charge in [0.25, 0.3) is 0 Å². The number of carbonyl (C=O) groups is 1. The smallest absolute Gasteiger partial charge is 0.246 e. The van der Waals surface area contributed by atoms with Crippen LogP contribution in [0.1, 0.15) is 17.5 Å². The second-order valence-corrected chi connectivity index (χ2v) is 8.05. The summed E-state index contributed by atoms with van der Waals surface area (Å²) in [7, 11) is 0. The van der Waals surface area contributed by atoms with Crippen LogP contribution < -0.4 is 15.0 Å². The van der Waals surface area contributed by atoms with E-state index in [4.69, 9.17) is 21.7 Å². The third kappa shape index (κ3) is 4.98. The van der Waals surface area contributed by atoms with Gasteiger partial charge < -0.3 is 19.7 Å². The maximum atomic E-state index is 11.8. The van der Waals surface area contributed by atoms with E-state index < -0.39 is 0 Å². The first-order valence-corrected chi connectivity index (χ1v) is 10.8. The highest BCUT2D eigenvalue weighted by Crippen LogP contribution is 2.34. The Morgan fingerprint density at radius 3 is 2.63 bits per heavy atom. The quantitative estimate of drug-likeness (QED) is 0.687. The Morgan fingerprint density at radius 2 is 1.93 bits per heavy atom. The van der Waals surface area contributed by atoms with Gasteiger partial charge in [-0.05, 0) is 73.9 Å². The van der Waals surface area contributed by atoms with Crippen LogP contribution in [0.3, 0.4) is 0 Å². The van der Waals surface area contributed by atoms with Gasteiger partial charge in [-0.25, -0.2) is 0 Å². The molecular formula is C23H27N3O3S. The third-order valence-corrected chi connectivity index (χ3v) is 5.75. The molecule has 2 aromatic carbocycles. The number of ether oxygens (including phenoxy) is 2. The zero-order valence-corrected chi connectivity index (χ0v) is 18.0. The number of carbonyl (C=O) groups excluding carboxylic acids is 1. The van der Waals surface area contributed by atoms with Gasteiger partial charge in [0.1, 0.15) is 18.0 Å². The Morgan fingerprint density at radius 1 is 1.17 bits per heavy atom. The molecule has 1 N–H and O–H groups in total. The number of hydrogen-bond acceptors (Lipinski definition) is 5. The predicted octanol–water partition coefficient (Wildman–Crippen LogP) is 3.27. The lowest BCUT2D eigenvalue weighted by atomic mass is 10.0. The van der Waals surface area contributed by atoms with Crippen molar-refractivity contribution in [2.24, 2.45) is 0 Å². The number of thiocarbonyl (C=S) groups is 1. The lowest BCUT2D eigenvalue weighted by Crippen LogP contribution is -2.36. The molecule has 2 aromatic rings. The summed E-state index contributed by atoms with van der Waals surface area (Å²) in [5, 5.41) is 3.17. The first-order valence-electron chi connectivity index (χ1n) is 10.4. The van der Waals surface area contributed by atoms with E-state index in [0.29, 0.717) is 5.11 Å². The van der Waals surface area contributed by atoms with E-state index in [1.165, 1.54) is 0 Å². The molecule has 7 heteroatoms. The SMILES string of the molecule is Cc1cc(N2CC(=O)NC2=S)cc(CCCN2CCOCC2)c1Oc1ccccc1. The molecule has 2 aliphatic rings. The van der Waals surface area contributed by atoms with Crippen molar-refractivity contribution in [3.63, 3.8) is 0 Å². The molecule has 0 unspecified atom stereocenters. The molecule has 2 saturated heterocycles. The summed E-state index contributed by atoms with van der Waals surface area (Å²) in [5.74, 6) is 1.63. The van der Waals surface area contributed by atoms with Crippen LogP contribution in [0.2, 0.25) is 0 Å². The monoisotopic (exact) mass is 425 g/mol. The van der Waals surface area contributed by atoms with Crippen LogP contribution in [0.15, 0.2) is 42.5 Å². The van der Waals surface area contributed by atoms with Crippen molar-refractivity contribution in [1.82, 2.24) is 10.2 Å². The molecule has 0 aliphatic carbocycles. The average molecular weight is 426 g/mol. The highest BCUT2D eigenvalue weighted by molar-refractivity contribution is 7.80. The maximum absolute atomic E-state index is 11.8. The molecule has 1 amide bonds. The standard InChI is InChI=1S/C23H27N3O3S/c1-17-14-19(26-16-21(27)24-23(26)30)15-18(6-5-9-25-10-12-28-13-11-25)22(17)29-20-7-3-2-4-8-20/h2-4,7-8,14-15H,5-6,9-13,16H2,1H3,(H,24,27,30). The number of anilines is 1. The van der Waals surface area contributed by atoms with Gasteiger partial charge in [0.15, 0.2) is 5.11 Å². The fraction of sp³-hybridized carbons (Fsp3) is 0.391. The molecule has 30 heavy (non-hydrogen) atoms. The fourth-order valence-electron chi connectivity index (χ4n) is 3.89. The molecule has 4 rings (SSSR count). The van der Waals surface area contributed by atoms with Crippen molar-refractivity contribution in [2.75, 3.05) is 44.3 Å². The van der Waals surface area contributed by atoms with Crippen LogP contribution in [0.4, 0.5) is 5.69 Å². The molecule has 2 fully saturated rings. The van der Waals surface area contributed by atoms with Crippen molar-refractivity contribution in [3.05, 3.63) is 53.6 Å². The van der Waals surface area contributed by atoms with Crippen LogP contribution in [0.25, 0.3) is 0 Å². The first kappa shape index (κ1) is 20.8. The van der Waals surface area contributed by atoms with Gasteiger partial charge in [0.05, 0.1) is 13.2 Å². The number of amides is 1. The Labute approximate surface area is 182 Å². The van der Waals surface area contributed by atoms with Crippen molar-refractivity contribution in [2.45, 2.75) is 19.8 Å². The summed E-state index contributed by atoms with van der Waals surface area (Å²) in [4.78, 5) is 16.1. The van der Waals surface area contributed by atoms with Crippen LogP contribution in [0.5, 0.6) is 11.5 Å². The molecule has 0 aromatic heterocycles. The Hall–Kier alpha value is -2.48. The molecule has 0 bridgehead atoms. The van der Waals surface area contributed by atoms with E-state index in [9.17, 15) is 4.79 Å². The second kappa shape index (κ2) is 9.55. The van der Waals surface area contributed by atoms with Crippen LogP contribution in [-0.4, -0.2) is 55.3 Å². The Kier molecular flexibility index (Phi) is 6.62. The number of para-hydroxylation sites is 1. The van der Waals surface area contributed by atoms with Gasteiger partial charge in [-0.15, -0.1) is 0 Å². The number of hydrogen-bond donors (Lipinski definition) is 1. The van der Waals surface area contributed by atoms with Crippen molar-refractivity contribution < 1.29 is 14.3 Å². The van der Waals surface area contributed by atoms with Gasteiger partial charge in [0.2, 0.25) is 5.91 Å². The molecule has 158 valence electrons. The third-order valence-electron chi connectivity index (χ3n) is 5.43. The van der Waals surface area contributed by atoms with E-state index in [0.717, 1.165) is 74.0 Å². The van der Waals surface area contributed by atoms with Crippen molar-refractivity contribution in [1.29, 1.82) is 0 Å². The molecule has 6 nitrogen and oxygen atoms in total. The van der Waals surface area contributed by atoms with E-state index in [1.807, 2.05) is 48.2 Å². The maximum Gasteiger partial charge on any atom is 0.246 e. The minimum Gasteiger partial charge on any atom is -0.457 e. The first-order chi connectivity index (χ1) is 14.6. The summed E-state index contributed by atoms with van der Waals surface area (Å²) in [6.45, 7) is 6.92. The topological polar surface area (TPSA) is 54.0 Å². The molecule has 0 radical (unpaired) electrons. The second-order valence-electron chi connectivity index (χ2n) is 7.66. The van der Waals surface area contributed by atoms with Gasteiger partial charge in [-0.2, -0.15) is 0 Å². The number of rotatable bonds is 7. The highest BCUT2D eigenvalue weighted by Gasteiger charge is 2.26. The highest BCUT2D eigenvalue weighted by atomic mass is 32.1. The molecule has 0 atom stereocenters.